The van der Waals surface area contributed by atoms with Crippen LogP contribution in [0, 0.1) is 5.92 Å². The number of amides is 2. The first-order valence-electron chi connectivity index (χ1n) is 9.68. The summed E-state index contributed by atoms with van der Waals surface area (Å²) in [5.41, 5.74) is 1.99. The van der Waals surface area contributed by atoms with E-state index in [0.29, 0.717) is 38.7 Å². The lowest BCUT2D eigenvalue weighted by atomic mass is 9.90. The van der Waals surface area contributed by atoms with Crippen molar-refractivity contribution in [3.8, 4) is 0 Å². The van der Waals surface area contributed by atoms with Gasteiger partial charge in [0, 0.05) is 31.7 Å². The Balaban J connectivity index is 1.56. The predicted molar refractivity (Wildman–Crippen MR) is 100 cm³/mol. The Kier molecular flexibility index (Phi) is 6.50. The van der Waals surface area contributed by atoms with Crippen LogP contribution in [0.25, 0.3) is 0 Å². The van der Waals surface area contributed by atoms with Gasteiger partial charge < -0.3 is 19.9 Å². The molecule has 0 bridgehead atoms. The second kappa shape index (κ2) is 9.03. The van der Waals surface area contributed by atoms with Crippen molar-refractivity contribution < 1.29 is 14.3 Å². The van der Waals surface area contributed by atoms with Crippen molar-refractivity contribution in [2.45, 2.75) is 26.2 Å². The number of nitrogens with zero attached hydrogens (tertiary/aromatic N) is 2. The maximum atomic E-state index is 12.8. The minimum Gasteiger partial charge on any atom is -0.450 e. The predicted octanol–water partition coefficient (Wildman–Crippen LogP) is 2.14. The van der Waals surface area contributed by atoms with E-state index in [2.05, 4.69) is 11.4 Å². The van der Waals surface area contributed by atoms with Crippen LogP contribution in [-0.2, 0) is 11.2 Å². The third-order valence-electron chi connectivity index (χ3n) is 5.25. The molecule has 0 radical (unpaired) electrons. The molecular weight excluding hydrogens is 330 g/mol. The molecule has 0 spiro atoms. The van der Waals surface area contributed by atoms with Crippen molar-refractivity contribution >= 4 is 12.0 Å². The summed E-state index contributed by atoms with van der Waals surface area (Å²) in [6, 6.07) is 8.05. The molecular formula is C20H29N3O3. The van der Waals surface area contributed by atoms with E-state index >= 15 is 0 Å². The maximum absolute atomic E-state index is 12.8. The quantitative estimate of drug-likeness (QED) is 0.895. The third-order valence-corrected chi connectivity index (χ3v) is 5.25. The summed E-state index contributed by atoms with van der Waals surface area (Å²) in [5.74, 6) is 0.760. The number of carbonyl (C=O) groups is 2. The van der Waals surface area contributed by atoms with Gasteiger partial charge in [-0.25, -0.2) is 4.79 Å². The molecule has 6 heteroatoms. The molecule has 1 aromatic rings. The molecule has 0 atom stereocenters. The Bertz CT molecular complexity index is 620. The molecule has 142 valence electrons. The van der Waals surface area contributed by atoms with Gasteiger partial charge in [0.25, 0.3) is 5.91 Å². The van der Waals surface area contributed by atoms with E-state index in [-0.39, 0.29) is 12.0 Å². The molecule has 2 aliphatic heterocycles. The van der Waals surface area contributed by atoms with E-state index in [4.69, 9.17) is 4.74 Å². The SMILES string of the molecule is CCOC(=O)N1CCN(C(=O)c2cccc(CC3CCNCC3)c2)CC1. The summed E-state index contributed by atoms with van der Waals surface area (Å²) in [7, 11) is 0. The highest BCUT2D eigenvalue weighted by atomic mass is 16.6. The monoisotopic (exact) mass is 359 g/mol. The van der Waals surface area contributed by atoms with E-state index in [9.17, 15) is 9.59 Å². The van der Waals surface area contributed by atoms with E-state index in [1.807, 2.05) is 23.1 Å². The number of hydrogen-bond donors (Lipinski definition) is 1. The van der Waals surface area contributed by atoms with Gasteiger partial charge in [-0.3, -0.25) is 4.79 Å². The topological polar surface area (TPSA) is 61.9 Å². The number of carbonyl (C=O) groups excluding carboxylic acids is 2. The zero-order valence-corrected chi connectivity index (χ0v) is 15.6. The van der Waals surface area contributed by atoms with Crippen molar-refractivity contribution in [2.75, 3.05) is 45.9 Å². The molecule has 3 rings (SSSR count). The van der Waals surface area contributed by atoms with Gasteiger partial charge >= 0.3 is 6.09 Å². The standard InChI is InChI=1S/C20H29N3O3/c1-2-26-20(25)23-12-10-22(11-13-23)19(24)18-5-3-4-17(15-18)14-16-6-8-21-9-7-16/h3-5,15-16,21H,2,6-14H2,1H3. The number of rotatable bonds is 4. The molecule has 6 nitrogen and oxygen atoms in total. The van der Waals surface area contributed by atoms with Crippen molar-refractivity contribution in [1.29, 1.82) is 0 Å². The van der Waals surface area contributed by atoms with Crippen molar-refractivity contribution in [3.63, 3.8) is 0 Å². The number of piperazine rings is 1. The first-order chi connectivity index (χ1) is 12.7. The number of piperidine rings is 1. The second-order valence-corrected chi connectivity index (χ2v) is 7.08. The van der Waals surface area contributed by atoms with Gasteiger partial charge in [-0.1, -0.05) is 12.1 Å². The summed E-state index contributed by atoms with van der Waals surface area (Å²) in [6.45, 7) is 6.52. The summed E-state index contributed by atoms with van der Waals surface area (Å²) in [6.07, 6.45) is 3.16. The highest BCUT2D eigenvalue weighted by Gasteiger charge is 2.25. The fraction of sp³-hybridized carbons (Fsp3) is 0.600. The van der Waals surface area contributed by atoms with Crippen molar-refractivity contribution in [1.82, 2.24) is 15.1 Å². The fourth-order valence-electron chi connectivity index (χ4n) is 3.74. The lowest BCUT2D eigenvalue weighted by molar-refractivity contribution is 0.0570. The number of nitrogens with one attached hydrogen (secondary N) is 1. The Morgan fingerprint density at radius 1 is 1.12 bits per heavy atom. The van der Waals surface area contributed by atoms with Gasteiger partial charge in [0.05, 0.1) is 6.61 Å². The molecule has 2 heterocycles. The van der Waals surface area contributed by atoms with Crippen molar-refractivity contribution in [3.05, 3.63) is 35.4 Å². The lowest BCUT2D eigenvalue weighted by Gasteiger charge is -2.34. The van der Waals surface area contributed by atoms with E-state index in [1.165, 1.54) is 18.4 Å². The van der Waals surface area contributed by atoms with E-state index in [0.717, 1.165) is 25.1 Å². The number of benzene rings is 1. The zero-order chi connectivity index (χ0) is 18.4. The van der Waals surface area contributed by atoms with Gasteiger partial charge in [0.2, 0.25) is 0 Å². The number of hydrogen-bond acceptors (Lipinski definition) is 4. The van der Waals surface area contributed by atoms with Crippen LogP contribution in [0.4, 0.5) is 4.79 Å². The van der Waals surface area contributed by atoms with Crippen LogP contribution < -0.4 is 5.32 Å². The zero-order valence-electron chi connectivity index (χ0n) is 15.6. The van der Waals surface area contributed by atoms with Gasteiger partial charge in [-0.05, 0) is 62.9 Å². The number of ether oxygens (including phenoxy) is 1. The Labute approximate surface area is 155 Å². The van der Waals surface area contributed by atoms with Crippen LogP contribution in [0.5, 0.6) is 0 Å². The first-order valence-corrected chi connectivity index (χ1v) is 9.68. The van der Waals surface area contributed by atoms with Crippen LogP contribution in [0.15, 0.2) is 24.3 Å². The molecule has 0 unspecified atom stereocenters. The average Bonchev–Trinajstić information content (AvgIpc) is 2.69. The lowest BCUT2D eigenvalue weighted by Crippen LogP contribution is -2.50. The van der Waals surface area contributed by atoms with E-state index in [1.54, 1.807) is 11.8 Å². The maximum Gasteiger partial charge on any atom is 0.409 e. The minimum atomic E-state index is -0.288. The normalized spacial score (nSPS) is 18.7. The molecule has 0 saturated carbocycles. The largest absolute Gasteiger partial charge is 0.450 e. The Hall–Kier alpha value is -2.08. The average molecular weight is 359 g/mol. The smallest absolute Gasteiger partial charge is 0.409 e. The van der Waals surface area contributed by atoms with Crippen LogP contribution in [0.3, 0.4) is 0 Å². The molecule has 0 aliphatic carbocycles. The Morgan fingerprint density at radius 2 is 1.81 bits per heavy atom. The second-order valence-electron chi connectivity index (χ2n) is 7.08. The van der Waals surface area contributed by atoms with Gasteiger partial charge in [-0.15, -0.1) is 0 Å². The van der Waals surface area contributed by atoms with E-state index < -0.39 is 0 Å². The fourth-order valence-corrected chi connectivity index (χ4v) is 3.74. The van der Waals surface area contributed by atoms with Crippen LogP contribution in [0.2, 0.25) is 0 Å². The van der Waals surface area contributed by atoms with Crippen LogP contribution in [0.1, 0.15) is 35.7 Å². The van der Waals surface area contributed by atoms with Gasteiger partial charge in [0.1, 0.15) is 0 Å². The summed E-state index contributed by atoms with van der Waals surface area (Å²) in [5, 5.41) is 3.39. The molecule has 0 aromatic heterocycles. The third kappa shape index (κ3) is 4.75. The summed E-state index contributed by atoms with van der Waals surface area (Å²) < 4.78 is 5.03. The molecule has 2 aliphatic rings. The van der Waals surface area contributed by atoms with Gasteiger partial charge in [0.15, 0.2) is 0 Å². The minimum absolute atomic E-state index is 0.0562. The summed E-state index contributed by atoms with van der Waals surface area (Å²) >= 11 is 0. The molecule has 2 fully saturated rings. The molecule has 2 amide bonds. The van der Waals surface area contributed by atoms with Gasteiger partial charge in [-0.2, -0.15) is 0 Å². The first kappa shape index (κ1) is 18.7. The summed E-state index contributed by atoms with van der Waals surface area (Å²) in [4.78, 5) is 28.1. The molecule has 1 aromatic carbocycles. The molecule has 26 heavy (non-hydrogen) atoms. The molecule has 1 N–H and O–H groups in total. The van der Waals surface area contributed by atoms with Crippen LogP contribution in [-0.4, -0.2) is 67.7 Å². The van der Waals surface area contributed by atoms with Crippen LogP contribution >= 0.6 is 0 Å². The highest BCUT2D eigenvalue weighted by Crippen LogP contribution is 2.19. The highest BCUT2D eigenvalue weighted by molar-refractivity contribution is 5.94. The van der Waals surface area contributed by atoms with Crippen molar-refractivity contribution in [2.24, 2.45) is 5.92 Å². The molecule has 2 saturated heterocycles. The Morgan fingerprint density at radius 3 is 2.50 bits per heavy atom.